The topological polar surface area (TPSA) is 34.6 Å². The van der Waals surface area contributed by atoms with Crippen LogP contribution in [0.25, 0.3) is 0 Å². The SMILES string of the molecule is CC.Cc1ccc(C2(C)Oc3cccc(C4CCN(C)CC4)c3O2)nc1. The van der Waals surface area contributed by atoms with Crippen molar-refractivity contribution in [1.29, 1.82) is 0 Å². The third kappa shape index (κ3) is 3.56. The average Bonchev–Trinajstić information content (AvgIpc) is 3.02. The van der Waals surface area contributed by atoms with Crippen LogP contribution in [0.5, 0.6) is 11.5 Å². The van der Waals surface area contributed by atoms with E-state index in [-0.39, 0.29) is 0 Å². The molecule has 1 atom stereocenters. The molecule has 1 unspecified atom stereocenters. The normalized spacial score (nSPS) is 22.7. The lowest BCUT2D eigenvalue weighted by atomic mass is 9.89. The van der Waals surface area contributed by atoms with Crippen molar-refractivity contribution in [3.8, 4) is 11.5 Å². The predicted octanol–water partition coefficient (Wildman–Crippen LogP) is 4.87. The molecule has 4 rings (SSSR count). The lowest BCUT2D eigenvalue weighted by Crippen LogP contribution is -2.33. The van der Waals surface area contributed by atoms with E-state index in [0.717, 1.165) is 48.7 Å². The van der Waals surface area contributed by atoms with Gasteiger partial charge in [-0.1, -0.05) is 32.0 Å². The van der Waals surface area contributed by atoms with E-state index < -0.39 is 5.79 Å². The number of hydrogen-bond acceptors (Lipinski definition) is 4. The standard InChI is InChI=1S/C20H24N2O2.C2H6/c1-14-7-8-18(21-13-14)20(2)23-17-6-4-5-16(19(17)24-20)15-9-11-22(3)12-10-15;1-2/h4-8,13,15H,9-12H2,1-3H3;1-2H3. The number of pyridine rings is 1. The monoisotopic (exact) mass is 354 g/mol. The number of aromatic nitrogens is 1. The number of aryl methyl sites for hydroxylation is 1. The van der Waals surface area contributed by atoms with Gasteiger partial charge >= 0.3 is 0 Å². The van der Waals surface area contributed by atoms with Crippen LogP contribution >= 0.6 is 0 Å². The summed E-state index contributed by atoms with van der Waals surface area (Å²) in [6.07, 6.45) is 4.18. The minimum absolute atomic E-state index is 0.535. The van der Waals surface area contributed by atoms with Gasteiger partial charge in [-0.25, -0.2) is 0 Å². The Bertz CT molecular complexity index is 736. The van der Waals surface area contributed by atoms with E-state index in [9.17, 15) is 0 Å². The van der Waals surface area contributed by atoms with Crippen LogP contribution in [0, 0.1) is 6.92 Å². The molecular formula is C22H30N2O2. The summed E-state index contributed by atoms with van der Waals surface area (Å²) in [7, 11) is 2.19. The fourth-order valence-electron chi connectivity index (χ4n) is 3.63. The van der Waals surface area contributed by atoms with Crippen LogP contribution in [0.2, 0.25) is 0 Å². The van der Waals surface area contributed by atoms with Crippen molar-refractivity contribution >= 4 is 0 Å². The van der Waals surface area contributed by atoms with Gasteiger partial charge in [-0.05, 0) is 63.5 Å². The molecule has 2 aromatic rings. The van der Waals surface area contributed by atoms with Crippen molar-refractivity contribution in [2.24, 2.45) is 0 Å². The molecule has 4 heteroatoms. The molecule has 0 amide bonds. The van der Waals surface area contributed by atoms with E-state index >= 15 is 0 Å². The largest absolute Gasteiger partial charge is 0.443 e. The summed E-state index contributed by atoms with van der Waals surface area (Å²) in [5, 5.41) is 0. The van der Waals surface area contributed by atoms with Crippen LogP contribution in [-0.4, -0.2) is 30.0 Å². The van der Waals surface area contributed by atoms with Gasteiger partial charge in [0, 0.05) is 18.7 Å². The van der Waals surface area contributed by atoms with Crippen molar-refractivity contribution in [3.63, 3.8) is 0 Å². The number of fused-ring (bicyclic) bond motifs is 1. The summed E-state index contributed by atoms with van der Waals surface area (Å²) < 4.78 is 12.5. The summed E-state index contributed by atoms with van der Waals surface area (Å²) in [4.78, 5) is 6.90. The third-order valence-electron chi connectivity index (χ3n) is 5.15. The fraction of sp³-hybridized carbons (Fsp3) is 0.500. The second-order valence-corrected chi connectivity index (χ2v) is 7.12. The first-order valence-corrected chi connectivity index (χ1v) is 9.68. The first kappa shape index (κ1) is 18.7. The molecule has 140 valence electrons. The number of nitrogens with zero attached hydrogens (tertiary/aromatic N) is 2. The molecule has 0 bridgehead atoms. The lowest BCUT2D eigenvalue weighted by molar-refractivity contribution is -0.0722. The van der Waals surface area contributed by atoms with Gasteiger partial charge in [-0.3, -0.25) is 4.98 Å². The van der Waals surface area contributed by atoms with E-state index in [1.807, 2.05) is 52.1 Å². The molecule has 0 saturated carbocycles. The number of para-hydroxylation sites is 1. The molecule has 1 aromatic heterocycles. The van der Waals surface area contributed by atoms with Crippen LogP contribution < -0.4 is 9.47 Å². The van der Waals surface area contributed by atoms with Crippen LogP contribution in [-0.2, 0) is 5.79 Å². The maximum Gasteiger partial charge on any atom is 0.292 e. The molecule has 2 aliphatic rings. The highest BCUT2D eigenvalue weighted by Gasteiger charge is 2.42. The molecule has 4 nitrogen and oxygen atoms in total. The van der Waals surface area contributed by atoms with Crippen molar-refractivity contribution in [2.45, 2.75) is 52.2 Å². The van der Waals surface area contributed by atoms with Crippen molar-refractivity contribution in [1.82, 2.24) is 9.88 Å². The number of likely N-dealkylation sites (tertiary alicyclic amines) is 1. The Labute approximate surface area is 157 Å². The van der Waals surface area contributed by atoms with Gasteiger partial charge in [0.15, 0.2) is 11.5 Å². The fourth-order valence-corrected chi connectivity index (χ4v) is 3.63. The van der Waals surface area contributed by atoms with Gasteiger partial charge in [0.05, 0.1) is 0 Å². The molecule has 26 heavy (non-hydrogen) atoms. The van der Waals surface area contributed by atoms with Crippen LogP contribution in [0.3, 0.4) is 0 Å². The van der Waals surface area contributed by atoms with Gasteiger partial charge in [-0.2, -0.15) is 0 Å². The Balaban J connectivity index is 0.000000948. The minimum atomic E-state index is -0.850. The lowest BCUT2D eigenvalue weighted by Gasteiger charge is -2.30. The highest BCUT2D eigenvalue weighted by atomic mass is 16.7. The Hall–Kier alpha value is -2.07. The Kier molecular flexibility index (Phi) is 5.52. The number of benzene rings is 1. The molecule has 0 spiro atoms. The Morgan fingerprint density at radius 1 is 1.08 bits per heavy atom. The predicted molar refractivity (Wildman–Crippen MR) is 105 cm³/mol. The molecule has 1 aromatic carbocycles. The van der Waals surface area contributed by atoms with Crippen molar-refractivity contribution < 1.29 is 9.47 Å². The van der Waals surface area contributed by atoms with Gasteiger partial charge in [0.2, 0.25) is 0 Å². The number of piperidine rings is 1. The molecule has 0 N–H and O–H groups in total. The summed E-state index contributed by atoms with van der Waals surface area (Å²) in [5.74, 6) is 1.42. The number of hydrogen-bond donors (Lipinski definition) is 0. The zero-order valence-electron chi connectivity index (χ0n) is 16.6. The van der Waals surface area contributed by atoms with Crippen LogP contribution in [0.15, 0.2) is 36.5 Å². The highest BCUT2D eigenvalue weighted by Crippen LogP contribution is 2.48. The third-order valence-corrected chi connectivity index (χ3v) is 5.15. The summed E-state index contributed by atoms with van der Waals surface area (Å²) in [6.45, 7) is 10.2. The van der Waals surface area contributed by atoms with E-state index in [2.05, 4.69) is 29.1 Å². The average molecular weight is 354 g/mol. The van der Waals surface area contributed by atoms with Gasteiger partial charge < -0.3 is 14.4 Å². The van der Waals surface area contributed by atoms with Crippen LogP contribution in [0.1, 0.15) is 56.4 Å². The molecule has 3 heterocycles. The molecule has 1 fully saturated rings. The van der Waals surface area contributed by atoms with E-state index in [1.54, 1.807) is 0 Å². The molecule has 2 aliphatic heterocycles. The van der Waals surface area contributed by atoms with Gasteiger partial charge in [0.25, 0.3) is 5.79 Å². The quantitative estimate of drug-likeness (QED) is 0.771. The molecule has 0 radical (unpaired) electrons. The summed E-state index contributed by atoms with van der Waals surface area (Å²) in [6, 6.07) is 10.3. The minimum Gasteiger partial charge on any atom is -0.443 e. The summed E-state index contributed by atoms with van der Waals surface area (Å²) >= 11 is 0. The van der Waals surface area contributed by atoms with Crippen molar-refractivity contribution in [3.05, 3.63) is 53.3 Å². The first-order chi connectivity index (χ1) is 12.5. The second kappa shape index (κ2) is 7.67. The number of rotatable bonds is 2. The van der Waals surface area contributed by atoms with E-state index in [4.69, 9.17) is 9.47 Å². The Morgan fingerprint density at radius 3 is 2.46 bits per heavy atom. The van der Waals surface area contributed by atoms with E-state index in [1.165, 1.54) is 5.56 Å². The molecular weight excluding hydrogens is 324 g/mol. The first-order valence-electron chi connectivity index (χ1n) is 9.68. The number of ether oxygens (including phenoxy) is 2. The molecule has 1 saturated heterocycles. The zero-order chi connectivity index (χ0) is 18.7. The van der Waals surface area contributed by atoms with Crippen molar-refractivity contribution in [2.75, 3.05) is 20.1 Å². The van der Waals surface area contributed by atoms with Gasteiger partial charge in [0.1, 0.15) is 5.69 Å². The molecule has 0 aliphatic carbocycles. The maximum absolute atomic E-state index is 6.33. The smallest absolute Gasteiger partial charge is 0.292 e. The Morgan fingerprint density at radius 2 is 1.81 bits per heavy atom. The zero-order valence-corrected chi connectivity index (χ0v) is 16.6. The van der Waals surface area contributed by atoms with E-state index in [0.29, 0.717) is 5.92 Å². The summed E-state index contributed by atoms with van der Waals surface area (Å²) in [5.41, 5.74) is 3.21. The van der Waals surface area contributed by atoms with Crippen LogP contribution in [0.4, 0.5) is 0 Å². The maximum atomic E-state index is 6.33. The second-order valence-electron chi connectivity index (χ2n) is 7.12. The van der Waals surface area contributed by atoms with Gasteiger partial charge in [-0.15, -0.1) is 0 Å². The highest BCUT2D eigenvalue weighted by molar-refractivity contribution is 5.51.